The highest BCUT2D eigenvalue weighted by Gasteiger charge is 2.29. The molecule has 1 atom stereocenters. The van der Waals surface area contributed by atoms with Crippen molar-refractivity contribution in [2.45, 2.75) is 33.6 Å². The summed E-state index contributed by atoms with van der Waals surface area (Å²) < 4.78 is 10.8. The van der Waals surface area contributed by atoms with Gasteiger partial charge in [0.15, 0.2) is 11.7 Å². The second kappa shape index (κ2) is 12.9. The summed E-state index contributed by atoms with van der Waals surface area (Å²) in [5.74, 6) is 0.584. The first-order valence-corrected chi connectivity index (χ1v) is 11.4. The fourth-order valence-corrected chi connectivity index (χ4v) is 3.74. The summed E-state index contributed by atoms with van der Waals surface area (Å²) in [7, 11) is 1.44. The van der Waals surface area contributed by atoms with Crippen LogP contribution in [0.5, 0.6) is 5.75 Å². The number of aryl methyl sites for hydroxylation is 1. The van der Waals surface area contributed by atoms with Gasteiger partial charge in [0.05, 0.1) is 30.9 Å². The van der Waals surface area contributed by atoms with Crippen molar-refractivity contribution in [3.8, 4) is 5.75 Å². The van der Waals surface area contributed by atoms with Crippen molar-refractivity contribution < 1.29 is 19.4 Å². The minimum Gasteiger partial charge on any atom is -0.493 e. The van der Waals surface area contributed by atoms with Gasteiger partial charge in [0, 0.05) is 35.2 Å². The molecule has 0 fully saturated rings. The lowest BCUT2D eigenvalue weighted by Gasteiger charge is -2.25. The molecule has 1 unspecified atom stereocenters. The van der Waals surface area contributed by atoms with E-state index < -0.39 is 0 Å². The summed E-state index contributed by atoms with van der Waals surface area (Å²) in [6.07, 6.45) is 5.99. The fraction of sp³-hybridized carbons (Fsp3) is 0.346. The van der Waals surface area contributed by atoms with Crippen LogP contribution < -0.4 is 10.5 Å². The number of carbonyl (C=O) groups excluding carboxylic acids is 1. The number of Topliss-reactive ketones (excluding diaryl/α,β-unsaturated/α-hetero) is 1. The minimum absolute atomic E-state index is 0.000000472. The Morgan fingerprint density at radius 1 is 1.41 bits per heavy atom. The monoisotopic (exact) mass is 485 g/mol. The van der Waals surface area contributed by atoms with Crippen LogP contribution in [0.3, 0.4) is 0 Å². The third kappa shape index (κ3) is 6.46. The van der Waals surface area contributed by atoms with Crippen LogP contribution in [0.15, 0.2) is 42.4 Å². The van der Waals surface area contributed by atoms with Gasteiger partial charge in [-0.05, 0) is 62.1 Å². The number of benzene rings is 1. The SMILES string of the molecule is C/C=C(/C(=O)C1COc2ccc(Cl)cc2C1)c1cnc(/C(C=N)=C(/N)OC)cc1C.CCCO. The molecule has 1 aromatic carbocycles. The van der Waals surface area contributed by atoms with E-state index in [1.165, 1.54) is 7.11 Å². The molecule has 0 saturated carbocycles. The van der Waals surface area contributed by atoms with Crippen molar-refractivity contribution in [3.05, 3.63) is 69.8 Å². The van der Waals surface area contributed by atoms with E-state index in [-0.39, 0.29) is 17.6 Å². The Morgan fingerprint density at radius 3 is 2.68 bits per heavy atom. The van der Waals surface area contributed by atoms with Gasteiger partial charge in [-0.3, -0.25) is 9.78 Å². The third-order valence-electron chi connectivity index (χ3n) is 5.38. The van der Waals surface area contributed by atoms with Crippen molar-refractivity contribution in [2.75, 3.05) is 20.3 Å². The molecule has 0 amide bonds. The number of fused-ring (bicyclic) bond motifs is 1. The van der Waals surface area contributed by atoms with Crippen LogP contribution in [0, 0.1) is 18.3 Å². The second-order valence-corrected chi connectivity index (χ2v) is 8.20. The number of nitrogens with one attached hydrogen (secondary N) is 1. The van der Waals surface area contributed by atoms with E-state index in [9.17, 15) is 4.79 Å². The number of allylic oxidation sites excluding steroid dienone is 3. The van der Waals surface area contributed by atoms with Crippen LogP contribution in [0.2, 0.25) is 5.02 Å². The molecule has 0 aliphatic carbocycles. The number of hydrogen-bond acceptors (Lipinski definition) is 7. The number of aliphatic hydroxyl groups excluding tert-OH is 1. The Hall–Kier alpha value is -3.16. The molecule has 4 N–H and O–H groups in total. The van der Waals surface area contributed by atoms with Gasteiger partial charge in [-0.1, -0.05) is 24.6 Å². The highest BCUT2D eigenvalue weighted by Crippen LogP contribution is 2.33. The van der Waals surface area contributed by atoms with E-state index in [1.807, 2.05) is 32.9 Å². The number of aliphatic hydroxyl groups is 1. The molecule has 2 aromatic rings. The number of nitrogens with zero attached hydrogens (tertiary/aromatic N) is 1. The van der Waals surface area contributed by atoms with Gasteiger partial charge in [0.25, 0.3) is 0 Å². The topological polar surface area (TPSA) is 119 Å². The van der Waals surface area contributed by atoms with Gasteiger partial charge >= 0.3 is 0 Å². The Labute approximate surface area is 205 Å². The van der Waals surface area contributed by atoms with Crippen LogP contribution in [0.4, 0.5) is 0 Å². The van der Waals surface area contributed by atoms with Gasteiger partial charge in [0.2, 0.25) is 0 Å². The predicted molar refractivity (Wildman–Crippen MR) is 136 cm³/mol. The Morgan fingerprint density at radius 2 is 2.12 bits per heavy atom. The number of halogens is 1. The molecule has 0 spiro atoms. The standard InChI is InChI=1S/C23H24ClN3O3.C3H8O/c1-4-17(19-11-27-20(7-13(19)2)18(10-25)23(26)29-3)22(28)15-8-14-9-16(24)5-6-21(14)30-12-15;1-2-3-4/h4-7,9-11,15,25H,8,12,26H2,1-3H3;4H,2-3H2,1H3/b17-4+,23-18-,25-10?;. The molecule has 1 aliphatic rings. The molecular formula is C26H32ClN3O4. The largest absolute Gasteiger partial charge is 0.493 e. The molecule has 0 radical (unpaired) electrons. The van der Waals surface area contributed by atoms with Crippen LogP contribution in [0.25, 0.3) is 11.1 Å². The number of hydrogen-bond donors (Lipinski definition) is 3. The first-order chi connectivity index (χ1) is 16.3. The lowest BCUT2D eigenvalue weighted by atomic mass is 9.86. The number of aromatic nitrogens is 1. The maximum atomic E-state index is 13.3. The van der Waals surface area contributed by atoms with Crippen molar-refractivity contribution in [1.29, 1.82) is 5.41 Å². The van der Waals surface area contributed by atoms with Crippen molar-refractivity contribution in [3.63, 3.8) is 0 Å². The summed E-state index contributed by atoms with van der Waals surface area (Å²) >= 11 is 6.10. The zero-order valence-electron chi connectivity index (χ0n) is 20.0. The lowest BCUT2D eigenvalue weighted by molar-refractivity contribution is -0.118. The van der Waals surface area contributed by atoms with Crippen LogP contribution >= 0.6 is 11.6 Å². The maximum Gasteiger partial charge on any atom is 0.194 e. The number of ether oxygens (including phenoxy) is 2. The predicted octanol–water partition coefficient (Wildman–Crippen LogP) is 4.58. The Kier molecular flexibility index (Phi) is 10.3. The molecule has 0 bridgehead atoms. The van der Waals surface area contributed by atoms with E-state index in [1.54, 1.807) is 24.4 Å². The number of ketones is 1. The highest BCUT2D eigenvalue weighted by molar-refractivity contribution is 6.30. The van der Waals surface area contributed by atoms with E-state index in [4.69, 9.17) is 37.3 Å². The average molecular weight is 486 g/mol. The first-order valence-electron chi connectivity index (χ1n) is 11.0. The van der Waals surface area contributed by atoms with Gasteiger partial charge in [0.1, 0.15) is 5.75 Å². The Bertz CT molecular complexity index is 1090. The normalized spacial score (nSPS) is 15.7. The van der Waals surface area contributed by atoms with Gasteiger partial charge in [-0.2, -0.15) is 0 Å². The zero-order valence-corrected chi connectivity index (χ0v) is 20.8. The summed E-state index contributed by atoms with van der Waals surface area (Å²) in [6.45, 7) is 6.30. The molecule has 34 heavy (non-hydrogen) atoms. The highest BCUT2D eigenvalue weighted by atomic mass is 35.5. The fourth-order valence-electron chi connectivity index (χ4n) is 3.55. The van der Waals surface area contributed by atoms with Gasteiger partial charge < -0.3 is 25.7 Å². The number of methoxy groups -OCH3 is 1. The average Bonchev–Trinajstić information content (AvgIpc) is 2.85. The number of carbonyl (C=O) groups is 1. The van der Waals surface area contributed by atoms with Crippen LogP contribution in [-0.4, -0.2) is 42.4 Å². The first kappa shape index (κ1) is 27.1. The van der Waals surface area contributed by atoms with Crippen molar-refractivity contribution >= 4 is 34.7 Å². The summed E-state index contributed by atoms with van der Waals surface area (Å²) in [6, 6.07) is 7.26. The molecule has 8 heteroatoms. The van der Waals surface area contributed by atoms with E-state index in [0.29, 0.717) is 41.5 Å². The smallest absolute Gasteiger partial charge is 0.194 e. The second-order valence-electron chi connectivity index (χ2n) is 7.77. The number of rotatable bonds is 7. The summed E-state index contributed by atoms with van der Waals surface area (Å²) in [5.41, 5.74) is 9.82. The van der Waals surface area contributed by atoms with Gasteiger partial charge in [-0.15, -0.1) is 0 Å². The molecule has 1 aromatic heterocycles. The molecule has 182 valence electrons. The number of nitrogens with two attached hydrogens (primary N) is 1. The van der Waals surface area contributed by atoms with Crippen LogP contribution in [-0.2, 0) is 16.0 Å². The van der Waals surface area contributed by atoms with E-state index in [2.05, 4.69) is 4.98 Å². The summed E-state index contributed by atoms with van der Waals surface area (Å²) in [4.78, 5) is 17.7. The van der Waals surface area contributed by atoms with Crippen molar-refractivity contribution in [1.82, 2.24) is 4.98 Å². The molecule has 1 aliphatic heterocycles. The zero-order chi connectivity index (χ0) is 25.3. The molecule has 2 heterocycles. The Balaban J connectivity index is 0.000000945. The van der Waals surface area contributed by atoms with Crippen LogP contribution in [0.1, 0.15) is 42.7 Å². The quantitative estimate of drug-likeness (QED) is 0.300. The van der Waals surface area contributed by atoms with E-state index in [0.717, 1.165) is 35.1 Å². The van der Waals surface area contributed by atoms with Gasteiger partial charge in [-0.25, -0.2) is 0 Å². The lowest BCUT2D eigenvalue weighted by Crippen LogP contribution is -2.29. The molecular weight excluding hydrogens is 454 g/mol. The number of pyridine rings is 1. The third-order valence-corrected chi connectivity index (χ3v) is 5.62. The van der Waals surface area contributed by atoms with Crippen molar-refractivity contribution in [2.24, 2.45) is 11.7 Å². The molecule has 3 rings (SSSR count). The van der Waals surface area contributed by atoms with E-state index >= 15 is 0 Å². The maximum absolute atomic E-state index is 13.3. The molecule has 7 nitrogen and oxygen atoms in total. The minimum atomic E-state index is -0.303. The molecule has 0 saturated heterocycles. The summed E-state index contributed by atoms with van der Waals surface area (Å²) in [5, 5.41) is 16.1.